The van der Waals surface area contributed by atoms with Gasteiger partial charge in [-0.2, -0.15) is 0 Å². The van der Waals surface area contributed by atoms with Crippen molar-refractivity contribution in [3.63, 3.8) is 0 Å². The van der Waals surface area contributed by atoms with E-state index < -0.39 is 0 Å². The van der Waals surface area contributed by atoms with Crippen LogP contribution >= 0.6 is 0 Å². The van der Waals surface area contributed by atoms with Gasteiger partial charge in [-0.15, -0.1) is 0 Å². The highest BCUT2D eigenvalue weighted by atomic mass is 15.0. The van der Waals surface area contributed by atoms with Gasteiger partial charge in [0, 0.05) is 55.2 Å². The van der Waals surface area contributed by atoms with Crippen LogP contribution in [0.5, 0.6) is 0 Å². The zero-order chi connectivity index (χ0) is 49.0. The van der Waals surface area contributed by atoms with Crippen molar-refractivity contribution in [2.75, 3.05) is 0 Å². The molecule has 0 saturated heterocycles. The SMILES string of the molecule is c1ccc(-c2cc(-c3cccc(-n4c5ccccc5c5cc(-c6ccc7c(c6)c6ccccc6n7-c6cccc(-c7cc(-c8ccccc8)nc(-c8ccccc8)c7)c6)ccc54)c3)cc(-c3ccccc3)n2)cc1. The monoisotopic (exact) mass is 942 g/mol. The van der Waals surface area contributed by atoms with E-state index in [1.54, 1.807) is 0 Å². The zero-order valence-corrected chi connectivity index (χ0v) is 40.3. The van der Waals surface area contributed by atoms with Gasteiger partial charge in [0.05, 0.1) is 44.8 Å². The smallest absolute Gasteiger partial charge is 0.0715 e. The van der Waals surface area contributed by atoms with Gasteiger partial charge in [-0.25, -0.2) is 9.97 Å². The Morgan fingerprint density at radius 3 is 0.851 bits per heavy atom. The van der Waals surface area contributed by atoms with E-state index in [-0.39, 0.29) is 0 Å². The number of rotatable bonds is 9. The van der Waals surface area contributed by atoms with Gasteiger partial charge in [0.2, 0.25) is 0 Å². The number of hydrogen-bond acceptors (Lipinski definition) is 2. The Labute approximate surface area is 429 Å². The lowest BCUT2D eigenvalue weighted by Gasteiger charge is -2.13. The molecule has 10 aromatic carbocycles. The second-order valence-electron chi connectivity index (χ2n) is 19.0. The Morgan fingerprint density at radius 2 is 0.486 bits per heavy atom. The summed E-state index contributed by atoms with van der Waals surface area (Å²) in [4.78, 5) is 10.3. The fourth-order valence-corrected chi connectivity index (χ4v) is 10.9. The fraction of sp³-hybridized carbons (Fsp3) is 0. The molecule has 0 atom stereocenters. The van der Waals surface area contributed by atoms with Crippen LogP contribution in [0.3, 0.4) is 0 Å². The lowest BCUT2D eigenvalue weighted by atomic mass is 9.99. The average molecular weight is 943 g/mol. The first kappa shape index (κ1) is 42.9. The molecule has 0 bridgehead atoms. The molecule has 74 heavy (non-hydrogen) atoms. The maximum atomic E-state index is 5.16. The number of para-hydroxylation sites is 2. The van der Waals surface area contributed by atoms with Crippen molar-refractivity contribution in [1.29, 1.82) is 0 Å². The Bertz CT molecular complexity index is 4000. The quantitative estimate of drug-likeness (QED) is 0.145. The van der Waals surface area contributed by atoms with Crippen LogP contribution in [0.25, 0.3) is 133 Å². The highest BCUT2D eigenvalue weighted by molar-refractivity contribution is 6.13. The zero-order valence-electron chi connectivity index (χ0n) is 40.3. The van der Waals surface area contributed by atoms with Crippen molar-refractivity contribution in [2.24, 2.45) is 0 Å². The first-order valence-corrected chi connectivity index (χ1v) is 25.2. The van der Waals surface area contributed by atoms with E-state index in [1.165, 1.54) is 43.7 Å². The predicted octanol–water partition coefficient (Wildman–Crippen LogP) is 18.3. The van der Waals surface area contributed by atoms with Crippen molar-refractivity contribution in [3.05, 3.63) is 279 Å². The fourth-order valence-electron chi connectivity index (χ4n) is 10.9. The molecule has 0 N–H and O–H groups in total. The van der Waals surface area contributed by atoms with E-state index in [4.69, 9.17) is 9.97 Å². The summed E-state index contributed by atoms with van der Waals surface area (Å²) in [6.07, 6.45) is 0. The molecular weight excluding hydrogens is 897 g/mol. The maximum Gasteiger partial charge on any atom is 0.0715 e. The van der Waals surface area contributed by atoms with Crippen LogP contribution in [-0.4, -0.2) is 19.1 Å². The van der Waals surface area contributed by atoms with Crippen molar-refractivity contribution >= 4 is 43.6 Å². The van der Waals surface area contributed by atoms with Crippen molar-refractivity contribution < 1.29 is 0 Å². The molecule has 0 aliphatic rings. The summed E-state index contributed by atoms with van der Waals surface area (Å²) in [6, 6.07) is 100. The van der Waals surface area contributed by atoms with Gasteiger partial charge in [-0.05, 0) is 118 Å². The molecule has 4 aromatic heterocycles. The Hall–Kier alpha value is -9.90. The second-order valence-corrected chi connectivity index (χ2v) is 19.0. The largest absolute Gasteiger partial charge is 0.309 e. The topological polar surface area (TPSA) is 35.6 Å². The standard InChI is InChI=1S/C70H46N4/c1-5-19-47(20-6-1)63-43-55(44-64(71-63)48-21-7-2-8-22-48)51-27-17-29-57(39-51)73-67-33-15-13-31-59(67)61-41-53(35-37-69(61)73)54-36-38-70-62(42-54)60-32-14-16-34-68(60)74(70)58-30-18-28-52(40-58)56-45-65(49-23-9-3-10-24-49)72-66(46-56)50-25-11-4-12-26-50/h1-46H. The summed E-state index contributed by atoms with van der Waals surface area (Å²) in [5.74, 6) is 0. The first-order valence-electron chi connectivity index (χ1n) is 25.2. The van der Waals surface area contributed by atoms with Crippen LogP contribution in [0.1, 0.15) is 0 Å². The number of nitrogens with zero attached hydrogens (tertiary/aromatic N) is 4. The first-order chi connectivity index (χ1) is 36.7. The van der Waals surface area contributed by atoms with Crippen LogP contribution in [0.2, 0.25) is 0 Å². The normalized spacial score (nSPS) is 11.5. The molecule has 0 aliphatic carbocycles. The molecule has 4 nitrogen and oxygen atoms in total. The van der Waals surface area contributed by atoms with Crippen molar-refractivity contribution in [2.45, 2.75) is 0 Å². The Kier molecular flexibility index (Phi) is 10.5. The van der Waals surface area contributed by atoms with Crippen LogP contribution in [0.4, 0.5) is 0 Å². The van der Waals surface area contributed by atoms with Crippen LogP contribution < -0.4 is 0 Å². The third kappa shape index (κ3) is 7.65. The Balaban J connectivity index is 0.856. The molecule has 0 spiro atoms. The summed E-state index contributed by atoms with van der Waals surface area (Å²) in [6.45, 7) is 0. The van der Waals surface area contributed by atoms with Crippen molar-refractivity contribution in [3.8, 4) is 89.8 Å². The third-order valence-electron chi connectivity index (χ3n) is 14.5. The summed E-state index contributed by atoms with van der Waals surface area (Å²) in [7, 11) is 0. The van der Waals surface area contributed by atoms with E-state index in [0.717, 1.165) is 89.7 Å². The number of hydrogen-bond donors (Lipinski definition) is 0. The van der Waals surface area contributed by atoms with E-state index in [2.05, 4.69) is 288 Å². The van der Waals surface area contributed by atoms with E-state index in [1.807, 2.05) is 0 Å². The number of aromatic nitrogens is 4. The summed E-state index contributed by atoms with van der Waals surface area (Å²) >= 11 is 0. The minimum atomic E-state index is 0.949. The molecule has 4 heteroatoms. The molecule has 0 saturated carbocycles. The number of pyridine rings is 2. The summed E-state index contributed by atoms with van der Waals surface area (Å²) in [5.41, 5.74) is 21.9. The third-order valence-corrected chi connectivity index (χ3v) is 14.5. The predicted molar refractivity (Wildman–Crippen MR) is 309 cm³/mol. The molecule has 346 valence electrons. The van der Waals surface area contributed by atoms with Gasteiger partial charge in [0.25, 0.3) is 0 Å². The molecule has 4 heterocycles. The summed E-state index contributed by atoms with van der Waals surface area (Å²) in [5, 5.41) is 4.86. The average Bonchev–Trinajstić information content (AvgIpc) is 4.02. The number of benzene rings is 10. The highest BCUT2D eigenvalue weighted by Gasteiger charge is 2.18. The molecule has 0 aliphatic heterocycles. The van der Waals surface area contributed by atoms with Crippen LogP contribution in [0, 0.1) is 0 Å². The molecule has 14 aromatic rings. The molecule has 0 radical (unpaired) electrons. The molecule has 14 rings (SSSR count). The van der Waals surface area contributed by atoms with Gasteiger partial charge < -0.3 is 9.13 Å². The second kappa shape index (κ2) is 18.1. The highest BCUT2D eigenvalue weighted by Crippen LogP contribution is 2.40. The Morgan fingerprint density at radius 1 is 0.189 bits per heavy atom. The van der Waals surface area contributed by atoms with Gasteiger partial charge >= 0.3 is 0 Å². The van der Waals surface area contributed by atoms with Crippen molar-refractivity contribution in [1.82, 2.24) is 19.1 Å². The van der Waals surface area contributed by atoms with Gasteiger partial charge in [-0.3, -0.25) is 0 Å². The minimum Gasteiger partial charge on any atom is -0.309 e. The summed E-state index contributed by atoms with van der Waals surface area (Å²) < 4.78 is 4.83. The van der Waals surface area contributed by atoms with E-state index in [0.29, 0.717) is 0 Å². The molecule has 0 amide bonds. The molecular formula is C70H46N4. The maximum absolute atomic E-state index is 5.16. The lowest BCUT2D eigenvalue weighted by molar-refractivity contribution is 1.18. The van der Waals surface area contributed by atoms with Gasteiger partial charge in [0.1, 0.15) is 0 Å². The lowest BCUT2D eigenvalue weighted by Crippen LogP contribution is -1.95. The molecule has 0 fully saturated rings. The molecule has 0 unspecified atom stereocenters. The van der Waals surface area contributed by atoms with Gasteiger partial charge in [0.15, 0.2) is 0 Å². The number of fused-ring (bicyclic) bond motifs is 6. The van der Waals surface area contributed by atoms with Crippen LogP contribution in [0.15, 0.2) is 279 Å². The van der Waals surface area contributed by atoms with E-state index >= 15 is 0 Å². The van der Waals surface area contributed by atoms with E-state index in [9.17, 15) is 0 Å². The minimum absolute atomic E-state index is 0.949. The van der Waals surface area contributed by atoms with Crippen LogP contribution in [-0.2, 0) is 0 Å². The van der Waals surface area contributed by atoms with Gasteiger partial charge in [-0.1, -0.05) is 194 Å².